The summed E-state index contributed by atoms with van der Waals surface area (Å²) in [6, 6.07) is 13.1. The predicted octanol–water partition coefficient (Wildman–Crippen LogP) is 4.00. The normalized spacial score (nSPS) is 24.3. The second kappa shape index (κ2) is 8.30. The lowest BCUT2D eigenvalue weighted by Crippen LogP contribution is -2.43. The maximum absolute atomic E-state index is 13.9. The minimum Gasteiger partial charge on any atom is -0.303 e. The van der Waals surface area contributed by atoms with E-state index in [0.717, 1.165) is 5.06 Å². The van der Waals surface area contributed by atoms with Crippen molar-refractivity contribution in [1.82, 2.24) is 9.96 Å². The zero-order valence-corrected chi connectivity index (χ0v) is 18.0. The highest BCUT2D eigenvalue weighted by Crippen LogP contribution is 2.46. The van der Waals surface area contributed by atoms with Crippen LogP contribution in [0.3, 0.4) is 0 Å². The number of sulfone groups is 1. The zero-order chi connectivity index (χ0) is 22.3. The fourth-order valence-corrected chi connectivity index (χ4v) is 6.14. The Morgan fingerprint density at radius 1 is 1.03 bits per heavy atom. The highest BCUT2D eigenvalue weighted by atomic mass is 32.2. The third-order valence-corrected chi connectivity index (χ3v) is 7.76. The predicted molar refractivity (Wildman–Crippen MR) is 107 cm³/mol. The Morgan fingerprint density at radius 2 is 1.60 bits per heavy atom. The minimum absolute atomic E-state index is 0.106. The fourth-order valence-electron chi connectivity index (χ4n) is 3.81. The smallest absolute Gasteiger partial charge is 0.303 e. The molecular weight excluding hydrogens is 417 g/mol. The molecule has 0 aromatic heterocycles. The van der Waals surface area contributed by atoms with Gasteiger partial charge in [0.1, 0.15) is 5.25 Å². The molecule has 1 aliphatic heterocycles. The third kappa shape index (κ3) is 4.12. The second-order valence-electron chi connectivity index (χ2n) is 7.66. The van der Waals surface area contributed by atoms with Crippen LogP contribution in [0, 0.1) is 0 Å². The lowest BCUT2D eigenvalue weighted by Gasteiger charge is -2.28. The molecule has 0 amide bonds. The summed E-state index contributed by atoms with van der Waals surface area (Å²) in [5.74, 6) is 0. The molecule has 1 heterocycles. The topological polar surface area (TPSA) is 49.9 Å². The van der Waals surface area contributed by atoms with Crippen molar-refractivity contribution in [3.8, 4) is 0 Å². The lowest BCUT2D eigenvalue weighted by atomic mass is 10.0. The number of rotatable bonds is 5. The Balaban J connectivity index is 2.20. The molecule has 0 bridgehead atoms. The van der Waals surface area contributed by atoms with Crippen molar-refractivity contribution in [2.45, 2.75) is 41.4 Å². The zero-order valence-electron chi connectivity index (χ0n) is 17.2. The van der Waals surface area contributed by atoms with E-state index in [9.17, 15) is 21.6 Å². The average Bonchev–Trinajstić information content (AvgIpc) is 3.06. The van der Waals surface area contributed by atoms with E-state index in [4.69, 9.17) is 4.84 Å². The molecule has 2 aromatic carbocycles. The minimum atomic E-state index is -4.85. The van der Waals surface area contributed by atoms with Crippen LogP contribution in [0.1, 0.15) is 30.1 Å². The van der Waals surface area contributed by atoms with Crippen molar-refractivity contribution in [2.24, 2.45) is 0 Å². The van der Waals surface area contributed by atoms with Crippen molar-refractivity contribution in [2.75, 3.05) is 21.1 Å². The van der Waals surface area contributed by atoms with Gasteiger partial charge in [-0.05, 0) is 38.2 Å². The van der Waals surface area contributed by atoms with Gasteiger partial charge >= 0.3 is 6.18 Å². The Hall–Kier alpha value is -1.94. The van der Waals surface area contributed by atoms with Crippen molar-refractivity contribution in [3.05, 3.63) is 65.7 Å². The summed E-state index contributed by atoms with van der Waals surface area (Å²) in [5, 5.41) is -0.839. The van der Waals surface area contributed by atoms with Crippen LogP contribution in [0.2, 0.25) is 0 Å². The number of benzene rings is 2. The van der Waals surface area contributed by atoms with Crippen LogP contribution < -0.4 is 0 Å². The van der Waals surface area contributed by atoms with Crippen molar-refractivity contribution < 1.29 is 26.4 Å². The number of halogens is 3. The molecule has 2 aromatic rings. The molecule has 1 saturated heterocycles. The van der Waals surface area contributed by atoms with Crippen LogP contribution >= 0.6 is 0 Å². The molecule has 164 valence electrons. The van der Waals surface area contributed by atoms with Gasteiger partial charge in [0.25, 0.3) is 0 Å². The van der Waals surface area contributed by atoms with Crippen LogP contribution in [0.25, 0.3) is 0 Å². The number of hydrogen-bond donors (Lipinski definition) is 0. The molecule has 0 radical (unpaired) electrons. The van der Waals surface area contributed by atoms with E-state index in [0.29, 0.717) is 11.1 Å². The average molecular weight is 443 g/mol. The highest BCUT2D eigenvalue weighted by molar-refractivity contribution is 7.92. The molecule has 30 heavy (non-hydrogen) atoms. The van der Waals surface area contributed by atoms with Gasteiger partial charge in [0.15, 0.2) is 15.9 Å². The molecule has 0 unspecified atom stereocenters. The molecule has 9 heteroatoms. The van der Waals surface area contributed by atoms with Gasteiger partial charge in [-0.25, -0.2) is 8.42 Å². The highest BCUT2D eigenvalue weighted by Gasteiger charge is 2.61. The summed E-state index contributed by atoms with van der Waals surface area (Å²) < 4.78 is 69.1. The van der Waals surface area contributed by atoms with Crippen LogP contribution in [0.4, 0.5) is 13.2 Å². The molecule has 4 atom stereocenters. The number of hydroxylamine groups is 2. The molecule has 3 rings (SSSR count). The molecule has 0 saturated carbocycles. The summed E-state index contributed by atoms with van der Waals surface area (Å²) in [5.41, 5.74) is 0.892. The maximum atomic E-state index is 13.9. The van der Waals surface area contributed by atoms with Gasteiger partial charge in [-0.15, -0.1) is 0 Å². The summed E-state index contributed by atoms with van der Waals surface area (Å²) >= 11 is 0. The molecular formula is C21H25F3N2O3S. The van der Waals surface area contributed by atoms with Gasteiger partial charge in [0.2, 0.25) is 0 Å². The van der Waals surface area contributed by atoms with Gasteiger partial charge in [0, 0.05) is 13.1 Å². The van der Waals surface area contributed by atoms with Crippen molar-refractivity contribution in [3.63, 3.8) is 0 Å². The Labute approximate surface area is 174 Å². The van der Waals surface area contributed by atoms with Crippen molar-refractivity contribution >= 4 is 9.84 Å². The molecule has 0 aliphatic carbocycles. The fraction of sp³-hybridized carbons (Fsp3) is 0.429. The van der Waals surface area contributed by atoms with Gasteiger partial charge in [-0.2, -0.15) is 18.2 Å². The Morgan fingerprint density at radius 3 is 2.17 bits per heavy atom. The quantitative estimate of drug-likeness (QED) is 0.701. The SMILES string of the molecule is C[C@@H](c1ccccc1S(=O)(=O)[C@@H]1[C@@H](c2ccccc2)N(C)O[C@H]1C(F)(F)F)N(C)C. The van der Waals surface area contributed by atoms with Crippen LogP contribution in [0.15, 0.2) is 59.5 Å². The summed E-state index contributed by atoms with van der Waals surface area (Å²) in [6.07, 6.45) is -7.32. The molecule has 1 aliphatic rings. The van der Waals surface area contributed by atoms with E-state index in [1.165, 1.54) is 19.2 Å². The third-order valence-electron chi connectivity index (χ3n) is 5.55. The molecule has 0 N–H and O–H groups in total. The van der Waals surface area contributed by atoms with Gasteiger partial charge < -0.3 is 4.90 Å². The van der Waals surface area contributed by atoms with E-state index < -0.39 is 33.4 Å². The second-order valence-corrected chi connectivity index (χ2v) is 9.73. The Kier molecular flexibility index (Phi) is 6.29. The first-order valence-electron chi connectivity index (χ1n) is 9.46. The van der Waals surface area contributed by atoms with Crippen LogP contribution in [0.5, 0.6) is 0 Å². The largest absolute Gasteiger partial charge is 0.418 e. The van der Waals surface area contributed by atoms with Gasteiger partial charge in [-0.3, -0.25) is 4.84 Å². The van der Waals surface area contributed by atoms with E-state index in [-0.39, 0.29) is 10.9 Å². The van der Waals surface area contributed by atoms with Crippen molar-refractivity contribution in [1.29, 1.82) is 0 Å². The van der Waals surface area contributed by atoms with Crippen LogP contribution in [-0.2, 0) is 14.7 Å². The summed E-state index contributed by atoms with van der Waals surface area (Å²) in [6.45, 7) is 1.81. The number of alkyl halides is 3. The maximum Gasteiger partial charge on any atom is 0.418 e. The Bertz CT molecular complexity index is 980. The van der Waals surface area contributed by atoms with Gasteiger partial charge in [0.05, 0.1) is 10.9 Å². The first kappa shape index (κ1) is 22.7. The molecule has 1 fully saturated rings. The molecule has 0 spiro atoms. The standard InChI is InChI=1S/C21H25F3N2O3S/c1-14(25(2)3)16-12-8-9-13-17(16)30(27,28)19-18(15-10-6-5-7-11-15)26(4)29-20(19)21(22,23)24/h5-14,18-20H,1-4H3/t14-,18+,19+,20+/m0/s1. The van der Waals surface area contributed by atoms with E-state index in [1.54, 1.807) is 56.6 Å². The summed E-state index contributed by atoms with van der Waals surface area (Å²) in [4.78, 5) is 6.78. The first-order valence-corrected chi connectivity index (χ1v) is 11.0. The lowest BCUT2D eigenvalue weighted by molar-refractivity contribution is -0.260. The first-order chi connectivity index (χ1) is 14.0. The van der Waals surface area contributed by atoms with Crippen LogP contribution in [-0.4, -0.2) is 57.1 Å². The van der Waals surface area contributed by atoms with E-state index in [2.05, 4.69) is 0 Å². The number of nitrogens with zero attached hydrogens (tertiary/aromatic N) is 2. The monoisotopic (exact) mass is 442 g/mol. The van der Waals surface area contributed by atoms with E-state index in [1.807, 2.05) is 11.8 Å². The molecule has 5 nitrogen and oxygen atoms in total. The van der Waals surface area contributed by atoms with E-state index >= 15 is 0 Å². The summed E-state index contributed by atoms with van der Waals surface area (Å²) in [7, 11) is 0.477. The van der Waals surface area contributed by atoms with Gasteiger partial charge in [-0.1, -0.05) is 48.5 Å². The number of hydrogen-bond acceptors (Lipinski definition) is 5.